The maximum atomic E-state index is 12.9. The van der Waals surface area contributed by atoms with Gasteiger partial charge in [-0.15, -0.1) is 0 Å². The number of rotatable bonds is 4. The Morgan fingerprint density at radius 3 is 2.81 bits per heavy atom. The molecule has 2 N–H and O–H groups in total. The molecule has 170 valence electrons. The average Bonchev–Trinajstić information content (AvgIpc) is 3.17. The van der Waals surface area contributed by atoms with E-state index in [-0.39, 0.29) is 23.1 Å². The van der Waals surface area contributed by atoms with E-state index in [4.69, 9.17) is 0 Å². The lowest BCUT2D eigenvalue weighted by molar-refractivity contribution is -0.144. The number of hydrogen-bond donors (Lipinski definition) is 2. The summed E-state index contributed by atoms with van der Waals surface area (Å²) in [5.74, 6) is -0.796. The lowest BCUT2D eigenvalue weighted by Crippen LogP contribution is -2.54. The number of aliphatic hydroxyl groups is 1. The number of piperidine rings is 1. The molecule has 1 aliphatic rings. The van der Waals surface area contributed by atoms with Crippen LogP contribution >= 0.6 is 0 Å². The Bertz CT molecular complexity index is 1150. The molecule has 1 aromatic carbocycles. The molecule has 1 atom stereocenters. The van der Waals surface area contributed by atoms with Crippen LogP contribution in [-0.2, 0) is 6.18 Å². The van der Waals surface area contributed by atoms with E-state index in [2.05, 4.69) is 19.9 Å². The number of anilines is 1. The first kappa shape index (κ1) is 22.0. The van der Waals surface area contributed by atoms with Crippen molar-refractivity contribution in [3.63, 3.8) is 0 Å². The molecular weight excluding hydrogens is 425 g/mol. The van der Waals surface area contributed by atoms with Gasteiger partial charge in [-0.05, 0) is 38.0 Å². The van der Waals surface area contributed by atoms with Crippen LogP contribution in [0, 0.1) is 6.92 Å². The summed E-state index contributed by atoms with van der Waals surface area (Å²) in [6, 6.07) is 5.99. The van der Waals surface area contributed by atoms with E-state index in [1.807, 2.05) is 17.9 Å². The van der Waals surface area contributed by atoms with Crippen LogP contribution in [0.2, 0.25) is 0 Å². The number of likely N-dealkylation sites (N-methyl/N-ethyl adjacent to an activating group) is 1. The topological polar surface area (TPSA) is 98.2 Å². The van der Waals surface area contributed by atoms with Crippen molar-refractivity contribution in [1.82, 2.24) is 24.8 Å². The van der Waals surface area contributed by atoms with Gasteiger partial charge in [-0.2, -0.15) is 13.2 Å². The summed E-state index contributed by atoms with van der Waals surface area (Å²) in [5.41, 5.74) is 0.124. The van der Waals surface area contributed by atoms with E-state index in [1.165, 1.54) is 29.4 Å². The number of nitrogens with one attached hydrogen (secondary N) is 1. The van der Waals surface area contributed by atoms with Gasteiger partial charge in [-0.3, -0.25) is 4.79 Å². The molecule has 0 unspecified atom stereocenters. The molecule has 0 saturated carbocycles. The first-order valence-electron chi connectivity index (χ1n) is 10.1. The molecular formula is C21H23F3N6O2. The summed E-state index contributed by atoms with van der Waals surface area (Å²) in [6.07, 6.45) is -1.89. The summed E-state index contributed by atoms with van der Waals surface area (Å²) in [4.78, 5) is 30.4. The molecule has 0 radical (unpaired) electrons. The second-order valence-corrected chi connectivity index (χ2v) is 8.24. The maximum absolute atomic E-state index is 12.9. The molecule has 8 nitrogen and oxygen atoms in total. The number of β-amino-alcohol motifs (C(OH)–C–C–N with tert-alkyl or cyclic N) is 1. The van der Waals surface area contributed by atoms with Gasteiger partial charge < -0.3 is 19.9 Å². The van der Waals surface area contributed by atoms with E-state index < -0.39 is 23.5 Å². The van der Waals surface area contributed by atoms with Crippen molar-refractivity contribution in [2.75, 3.05) is 31.6 Å². The largest absolute Gasteiger partial charge is 0.449 e. The Hall–Kier alpha value is -3.21. The van der Waals surface area contributed by atoms with Gasteiger partial charge in [0.1, 0.15) is 12.1 Å². The van der Waals surface area contributed by atoms with Crippen LogP contribution in [0.3, 0.4) is 0 Å². The van der Waals surface area contributed by atoms with E-state index in [0.717, 1.165) is 24.5 Å². The molecule has 2 aromatic heterocycles. The summed E-state index contributed by atoms with van der Waals surface area (Å²) in [6.45, 7) is 2.97. The van der Waals surface area contributed by atoms with Crippen LogP contribution in [0.1, 0.15) is 34.7 Å². The second-order valence-electron chi connectivity index (χ2n) is 8.24. The lowest BCUT2D eigenvalue weighted by Gasteiger charge is -2.41. The van der Waals surface area contributed by atoms with Crippen LogP contribution in [0.15, 0.2) is 30.6 Å². The first-order chi connectivity index (χ1) is 15.0. The number of aromatic nitrogens is 4. The summed E-state index contributed by atoms with van der Waals surface area (Å²) < 4.78 is 38.7. The number of aryl methyl sites for hydroxylation is 1. The van der Waals surface area contributed by atoms with Gasteiger partial charge in [-0.1, -0.05) is 0 Å². The summed E-state index contributed by atoms with van der Waals surface area (Å²) in [7, 11) is 1.56. The van der Waals surface area contributed by atoms with Crippen molar-refractivity contribution in [2.45, 2.75) is 31.5 Å². The Kier molecular flexibility index (Phi) is 5.53. The molecule has 1 fully saturated rings. The number of benzene rings is 1. The number of carbonyl (C=O) groups excluding carboxylic acids is 1. The van der Waals surface area contributed by atoms with E-state index in [9.17, 15) is 23.1 Å². The molecule has 4 rings (SSSR count). The number of halogens is 3. The number of hydrogen-bond acceptors (Lipinski definition) is 6. The third-order valence-electron chi connectivity index (χ3n) is 5.54. The van der Waals surface area contributed by atoms with Gasteiger partial charge >= 0.3 is 6.18 Å². The van der Waals surface area contributed by atoms with Gasteiger partial charge in [-0.25, -0.2) is 15.0 Å². The highest BCUT2D eigenvalue weighted by Gasteiger charge is 2.37. The minimum absolute atomic E-state index is 0.0706. The summed E-state index contributed by atoms with van der Waals surface area (Å²) >= 11 is 0. The summed E-state index contributed by atoms with van der Waals surface area (Å²) in [5, 5.41) is 11.2. The highest BCUT2D eigenvalue weighted by atomic mass is 19.4. The Balaban J connectivity index is 1.49. The minimum Gasteiger partial charge on any atom is -0.386 e. The van der Waals surface area contributed by atoms with Gasteiger partial charge in [0.05, 0.1) is 23.2 Å². The number of fused-ring (bicyclic) bond motifs is 1. The Morgan fingerprint density at radius 2 is 2.09 bits per heavy atom. The standard InChI is InChI=1S/C21H23F3N6O2/c1-13-8-17(26-12-25-13)30-7-3-6-20(32,11-30)10-29(2)18(31)14-4-5-15-16(9-14)28-19(27-15)21(22,23)24/h4-5,8-9,12,32H,3,6-7,10-11H2,1-2H3,(H,27,28)/t20-/m0/s1. The van der Waals surface area contributed by atoms with Gasteiger partial charge in [0.15, 0.2) is 0 Å². The number of nitrogens with zero attached hydrogens (tertiary/aromatic N) is 5. The molecule has 0 aliphatic carbocycles. The van der Waals surface area contributed by atoms with Crippen molar-refractivity contribution in [3.8, 4) is 0 Å². The van der Waals surface area contributed by atoms with Crippen LogP contribution in [0.25, 0.3) is 11.0 Å². The molecule has 11 heteroatoms. The minimum atomic E-state index is -4.60. The van der Waals surface area contributed by atoms with Crippen molar-refractivity contribution < 1.29 is 23.1 Å². The lowest BCUT2D eigenvalue weighted by atomic mass is 9.92. The quantitative estimate of drug-likeness (QED) is 0.637. The maximum Gasteiger partial charge on any atom is 0.449 e. The zero-order chi connectivity index (χ0) is 23.1. The number of aromatic amines is 1. The molecule has 1 saturated heterocycles. The molecule has 1 amide bonds. The number of H-pyrrole nitrogens is 1. The van der Waals surface area contributed by atoms with Crippen molar-refractivity contribution in [3.05, 3.63) is 47.7 Å². The third-order valence-corrected chi connectivity index (χ3v) is 5.54. The highest BCUT2D eigenvalue weighted by molar-refractivity contribution is 5.97. The van der Waals surface area contributed by atoms with Gasteiger partial charge in [0.25, 0.3) is 5.91 Å². The van der Waals surface area contributed by atoms with Crippen molar-refractivity contribution in [1.29, 1.82) is 0 Å². The van der Waals surface area contributed by atoms with Crippen molar-refractivity contribution in [2.24, 2.45) is 0 Å². The molecule has 3 heterocycles. The van der Waals surface area contributed by atoms with Crippen LogP contribution in [0.5, 0.6) is 0 Å². The van der Waals surface area contributed by atoms with Crippen LogP contribution < -0.4 is 4.90 Å². The zero-order valence-corrected chi connectivity index (χ0v) is 17.6. The predicted molar refractivity (Wildman–Crippen MR) is 111 cm³/mol. The number of imidazole rings is 1. The smallest absolute Gasteiger partial charge is 0.386 e. The average molecular weight is 448 g/mol. The normalized spacial score (nSPS) is 19.4. The molecule has 0 spiro atoms. The fourth-order valence-corrected chi connectivity index (χ4v) is 4.06. The van der Waals surface area contributed by atoms with E-state index >= 15 is 0 Å². The number of alkyl halides is 3. The number of carbonyl (C=O) groups is 1. The monoisotopic (exact) mass is 448 g/mol. The third kappa shape index (κ3) is 4.52. The molecule has 1 aliphatic heterocycles. The van der Waals surface area contributed by atoms with Gasteiger partial charge in [0, 0.05) is 37.5 Å². The Morgan fingerprint density at radius 1 is 1.31 bits per heavy atom. The highest BCUT2D eigenvalue weighted by Crippen LogP contribution is 2.29. The zero-order valence-electron chi connectivity index (χ0n) is 17.6. The van der Waals surface area contributed by atoms with Crippen LogP contribution in [-0.4, -0.2) is 68.1 Å². The number of amides is 1. The van der Waals surface area contributed by atoms with E-state index in [1.54, 1.807) is 7.05 Å². The molecule has 0 bridgehead atoms. The Labute approximate surface area is 182 Å². The SMILES string of the molecule is Cc1cc(N2CCC[C@](O)(CN(C)C(=O)c3ccc4nc(C(F)(F)F)[nH]c4c3)C2)ncn1. The fourth-order valence-electron chi connectivity index (χ4n) is 4.06. The van der Waals surface area contributed by atoms with Gasteiger partial charge in [0.2, 0.25) is 5.82 Å². The van der Waals surface area contributed by atoms with Crippen molar-refractivity contribution >= 4 is 22.8 Å². The molecule has 3 aromatic rings. The fraction of sp³-hybridized carbons (Fsp3) is 0.429. The van der Waals surface area contributed by atoms with Crippen LogP contribution in [0.4, 0.5) is 19.0 Å². The molecule has 32 heavy (non-hydrogen) atoms. The second kappa shape index (κ2) is 8.05. The predicted octanol–water partition coefficient (Wildman–Crippen LogP) is 2.78. The first-order valence-corrected chi connectivity index (χ1v) is 10.1. The van der Waals surface area contributed by atoms with E-state index in [0.29, 0.717) is 13.0 Å².